The number of nitrogens with zero attached hydrogens (tertiary/aromatic N) is 3. The van der Waals surface area contributed by atoms with Crippen molar-refractivity contribution in [3.8, 4) is 0 Å². The molecule has 0 fully saturated rings. The number of carbonyl (C=O) groups excluding carboxylic acids is 1. The Morgan fingerprint density at radius 3 is 2.64 bits per heavy atom. The van der Waals surface area contributed by atoms with Crippen molar-refractivity contribution >= 4 is 5.97 Å². The van der Waals surface area contributed by atoms with Crippen LogP contribution in [-0.2, 0) is 11.8 Å². The minimum absolute atomic E-state index is 0.104. The van der Waals surface area contributed by atoms with Crippen LogP contribution in [0, 0.1) is 6.92 Å². The van der Waals surface area contributed by atoms with Crippen LogP contribution in [0.4, 0.5) is 0 Å². The van der Waals surface area contributed by atoms with Crippen LogP contribution >= 0.6 is 0 Å². The monoisotopic (exact) mass is 155 g/mol. The highest BCUT2D eigenvalue weighted by molar-refractivity contribution is 5.84. The Morgan fingerprint density at radius 2 is 2.27 bits per heavy atom. The second-order valence-corrected chi connectivity index (χ2v) is 2.10. The van der Waals surface area contributed by atoms with Crippen LogP contribution < -0.4 is 0 Å². The molecule has 0 spiro atoms. The predicted molar refractivity (Wildman–Crippen MR) is 37.1 cm³/mol. The lowest BCUT2D eigenvalue weighted by Gasteiger charge is -1.88. The molecule has 0 N–H and O–H groups in total. The topological polar surface area (TPSA) is 57.0 Å². The van der Waals surface area contributed by atoms with Gasteiger partial charge in [0.15, 0.2) is 0 Å². The fraction of sp³-hybridized carbons (Fsp3) is 0.500. The summed E-state index contributed by atoms with van der Waals surface area (Å²) in [5, 5.41) is 3.81. The Kier molecular flexibility index (Phi) is 1.89. The first-order chi connectivity index (χ1) is 5.15. The molecule has 0 saturated heterocycles. The lowest BCUT2D eigenvalue weighted by atomic mass is 10.6. The maximum atomic E-state index is 10.8. The quantitative estimate of drug-likeness (QED) is 0.532. The van der Waals surface area contributed by atoms with Crippen molar-refractivity contribution in [2.75, 3.05) is 7.11 Å². The molecule has 0 aliphatic carbocycles. The van der Waals surface area contributed by atoms with Crippen LogP contribution in [0.2, 0.25) is 0 Å². The van der Waals surface area contributed by atoms with Crippen molar-refractivity contribution in [2.45, 2.75) is 6.92 Å². The zero-order chi connectivity index (χ0) is 8.43. The van der Waals surface area contributed by atoms with Gasteiger partial charge in [-0.25, -0.2) is 9.78 Å². The highest BCUT2D eigenvalue weighted by atomic mass is 16.5. The summed E-state index contributed by atoms with van der Waals surface area (Å²) in [7, 11) is 3.02. The number of esters is 1. The van der Waals surface area contributed by atoms with E-state index in [2.05, 4.69) is 14.8 Å². The van der Waals surface area contributed by atoms with Gasteiger partial charge in [0.2, 0.25) is 0 Å². The Hall–Kier alpha value is -1.39. The van der Waals surface area contributed by atoms with Crippen molar-refractivity contribution in [3.63, 3.8) is 0 Å². The molecule has 1 aromatic rings. The van der Waals surface area contributed by atoms with Crippen LogP contribution in [0.25, 0.3) is 0 Å². The lowest BCUT2D eigenvalue weighted by Crippen LogP contribution is -2.04. The van der Waals surface area contributed by atoms with Crippen LogP contribution in [0.1, 0.15) is 16.4 Å². The van der Waals surface area contributed by atoms with Crippen molar-refractivity contribution in [1.82, 2.24) is 14.8 Å². The van der Waals surface area contributed by atoms with Gasteiger partial charge in [0.25, 0.3) is 5.82 Å². The predicted octanol–water partition coefficient (Wildman–Crippen LogP) is -0.0899. The van der Waals surface area contributed by atoms with Crippen LogP contribution in [0.3, 0.4) is 0 Å². The summed E-state index contributed by atoms with van der Waals surface area (Å²) in [5.41, 5.74) is 0. The van der Waals surface area contributed by atoms with Crippen LogP contribution in [0.15, 0.2) is 0 Å². The maximum absolute atomic E-state index is 10.8. The minimum atomic E-state index is -0.506. The standard InChI is InChI=1S/C6H9N3O2/c1-4-7-5(6(10)11-3)8-9(4)2/h1-3H3. The number of carbonyl (C=O) groups is 1. The Balaban J connectivity index is 2.97. The minimum Gasteiger partial charge on any atom is -0.463 e. The third-order valence-corrected chi connectivity index (χ3v) is 1.35. The highest BCUT2D eigenvalue weighted by Gasteiger charge is 2.11. The molecule has 60 valence electrons. The molecule has 5 nitrogen and oxygen atoms in total. The smallest absolute Gasteiger partial charge is 0.377 e. The summed E-state index contributed by atoms with van der Waals surface area (Å²) >= 11 is 0. The van der Waals surface area contributed by atoms with Crippen LogP contribution in [-0.4, -0.2) is 27.8 Å². The first-order valence-electron chi connectivity index (χ1n) is 3.11. The van der Waals surface area contributed by atoms with Gasteiger partial charge in [-0.05, 0) is 6.92 Å². The normalized spacial score (nSPS) is 9.73. The average Bonchev–Trinajstić information content (AvgIpc) is 2.31. The fourth-order valence-electron chi connectivity index (χ4n) is 0.640. The number of hydrogen-bond donors (Lipinski definition) is 0. The number of hydrogen-bond acceptors (Lipinski definition) is 4. The molecular weight excluding hydrogens is 146 g/mol. The van der Waals surface area contributed by atoms with Crippen molar-refractivity contribution in [3.05, 3.63) is 11.6 Å². The van der Waals surface area contributed by atoms with Gasteiger partial charge in [0.05, 0.1) is 7.11 Å². The number of rotatable bonds is 1. The SMILES string of the molecule is COC(=O)c1nc(C)n(C)n1. The molecule has 0 atom stereocenters. The molecule has 1 heterocycles. The zero-order valence-corrected chi connectivity index (χ0v) is 6.66. The van der Waals surface area contributed by atoms with E-state index in [0.717, 1.165) is 0 Å². The summed E-state index contributed by atoms with van der Waals surface area (Å²) in [6.07, 6.45) is 0. The van der Waals surface area contributed by atoms with Crippen molar-refractivity contribution < 1.29 is 9.53 Å². The lowest BCUT2D eigenvalue weighted by molar-refractivity contribution is 0.0586. The number of aryl methyl sites for hydroxylation is 2. The number of methoxy groups -OCH3 is 1. The average molecular weight is 155 g/mol. The van der Waals surface area contributed by atoms with E-state index >= 15 is 0 Å². The largest absolute Gasteiger partial charge is 0.463 e. The van der Waals surface area contributed by atoms with Gasteiger partial charge < -0.3 is 4.74 Å². The first-order valence-corrected chi connectivity index (χ1v) is 3.11. The van der Waals surface area contributed by atoms with Crippen molar-refractivity contribution in [1.29, 1.82) is 0 Å². The molecule has 0 saturated carbocycles. The summed E-state index contributed by atoms with van der Waals surface area (Å²) < 4.78 is 5.95. The number of ether oxygens (including phenoxy) is 1. The Labute approximate surface area is 64.0 Å². The summed E-state index contributed by atoms with van der Waals surface area (Å²) in [6, 6.07) is 0. The molecule has 5 heteroatoms. The Morgan fingerprint density at radius 1 is 1.64 bits per heavy atom. The molecule has 11 heavy (non-hydrogen) atoms. The molecule has 0 amide bonds. The van der Waals surface area contributed by atoms with Crippen molar-refractivity contribution in [2.24, 2.45) is 7.05 Å². The summed E-state index contributed by atoms with van der Waals surface area (Å²) in [6.45, 7) is 1.76. The van der Waals surface area contributed by atoms with E-state index in [1.165, 1.54) is 11.8 Å². The molecule has 1 aromatic heterocycles. The van der Waals surface area contributed by atoms with Gasteiger partial charge in [0.1, 0.15) is 5.82 Å². The van der Waals surface area contributed by atoms with E-state index in [9.17, 15) is 4.79 Å². The van der Waals surface area contributed by atoms with Gasteiger partial charge in [-0.2, -0.15) is 0 Å². The molecule has 0 radical (unpaired) electrons. The van der Waals surface area contributed by atoms with E-state index in [1.54, 1.807) is 14.0 Å². The zero-order valence-electron chi connectivity index (χ0n) is 6.66. The maximum Gasteiger partial charge on any atom is 0.377 e. The van der Waals surface area contributed by atoms with Gasteiger partial charge in [0, 0.05) is 7.05 Å². The third-order valence-electron chi connectivity index (χ3n) is 1.35. The van der Waals surface area contributed by atoms with Gasteiger partial charge in [-0.1, -0.05) is 0 Å². The van der Waals surface area contributed by atoms with E-state index in [0.29, 0.717) is 5.82 Å². The highest BCUT2D eigenvalue weighted by Crippen LogP contribution is 1.95. The van der Waals surface area contributed by atoms with Gasteiger partial charge >= 0.3 is 5.97 Å². The molecule has 0 aromatic carbocycles. The molecule has 0 aliphatic rings. The summed E-state index contributed by atoms with van der Waals surface area (Å²) in [4.78, 5) is 14.7. The number of aromatic nitrogens is 3. The molecular formula is C6H9N3O2. The third kappa shape index (κ3) is 1.36. The second kappa shape index (κ2) is 2.69. The van der Waals surface area contributed by atoms with Crippen LogP contribution in [0.5, 0.6) is 0 Å². The molecule has 0 aliphatic heterocycles. The summed E-state index contributed by atoms with van der Waals surface area (Å²) in [5.74, 6) is 0.284. The van der Waals surface area contributed by atoms with E-state index in [4.69, 9.17) is 0 Å². The fourth-order valence-corrected chi connectivity index (χ4v) is 0.640. The molecule has 1 rings (SSSR count). The van der Waals surface area contributed by atoms with E-state index in [-0.39, 0.29) is 5.82 Å². The van der Waals surface area contributed by atoms with Gasteiger partial charge in [-0.3, -0.25) is 4.68 Å². The first kappa shape index (κ1) is 7.71. The Bertz CT molecular complexity index is 260. The van der Waals surface area contributed by atoms with Gasteiger partial charge in [-0.15, -0.1) is 5.10 Å². The molecule has 0 bridgehead atoms. The van der Waals surface area contributed by atoms with E-state index in [1.807, 2.05) is 0 Å². The second-order valence-electron chi connectivity index (χ2n) is 2.10. The molecule has 0 unspecified atom stereocenters. The van der Waals surface area contributed by atoms with E-state index < -0.39 is 5.97 Å².